The molecule has 8 nitrogen and oxygen atoms in total. The minimum Gasteiger partial charge on any atom is -0.492 e. The van der Waals surface area contributed by atoms with Crippen molar-refractivity contribution < 1.29 is 22.9 Å². The van der Waals surface area contributed by atoms with Crippen molar-refractivity contribution in [1.29, 1.82) is 0 Å². The minimum absolute atomic E-state index is 0.00919. The number of non-ortho nitro benzene ring substituents is 1. The number of nitrogens with one attached hydrogen (secondary N) is 1. The van der Waals surface area contributed by atoms with Gasteiger partial charge in [0.1, 0.15) is 10.6 Å². The molecule has 1 aromatic carbocycles. The van der Waals surface area contributed by atoms with Gasteiger partial charge in [-0.1, -0.05) is 0 Å². The van der Waals surface area contributed by atoms with Crippen LogP contribution in [-0.4, -0.2) is 32.9 Å². The van der Waals surface area contributed by atoms with Gasteiger partial charge in [0.15, 0.2) is 0 Å². The number of halogens is 1. The summed E-state index contributed by atoms with van der Waals surface area (Å²) < 4.78 is 27.9. The molecule has 0 spiro atoms. The molecule has 0 aliphatic rings. The van der Waals surface area contributed by atoms with Crippen LogP contribution in [0.2, 0.25) is 0 Å². The van der Waals surface area contributed by atoms with Crippen LogP contribution in [0.1, 0.15) is 6.42 Å². The van der Waals surface area contributed by atoms with Gasteiger partial charge in [-0.15, -0.1) is 0 Å². The lowest BCUT2D eigenvalue weighted by atomic mass is 10.3. The Hall–Kier alpha value is -1.87. The van der Waals surface area contributed by atoms with Crippen molar-refractivity contribution in [2.45, 2.75) is 11.3 Å². The Kier molecular flexibility index (Phi) is 5.28. The molecule has 1 rings (SSSR count). The van der Waals surface area contributed by atoms with E-state index in [1.54, 1.807) is 0 Å². The fraction of sp³-hybridized carbons (Fsp3) is 0.300. The molecular weight excluding hydrogens is 312 g/mol. The molecule has 1 N–H and O–H groups in total. The highest BCUT2D eigenvalue weighted by Crippen LogP contribution is 2.30. The molecule has 110 valence electrons. The van der Waals surface area contributed by atoms with Gasteiger partial charge in [-0.2, -0.15) is 0 Å². The summed E-state index contributed by atoms with van der Waals surface area (Å²) in [6.45, 7) is -0.0864. The van der Waals surface area contributed by atoms with Gasteiger partial charge in [0.2, 0.25) is 5.91 Å². The predicted octanol–water partition coefficient (Wildman–Crippen LogP) is 1.04. The van der Waals surface area contributed by atoms with E-state index in [0.29, 0.717) is 0 Å². The van der Waals surface area contributed by atoms with Gasteiger partial charge in [-0.05, 0) is 6.07 Å². The Morgan fingerprint density at radius 3 is 2.65 bits per heavy atom. The van der Waals surface area contributed by atoms with Crippen molar-refractivity contribution in [3.05, 3.63) is 28.3 Å². The van der Waals surface area contributed by atoms with E-state index in [1.165, 1.54) is 7.05 Å². The SMILES string of the molecule is CNC(=O)CCOc1ccc([N+](=O)[O-])cc1S(=O)(=O)Cl. The van der Waals surface area contributed by atoms with Crippen LogP contribution in [0.15, 0.2) is 23.1 Å². The summed E-state index contributed by atoms with van der Waals surface area (Å²) in [6.07, 6.45) is 0.00919. The van der Waals surface area contributed by atoms with Crippen molar-refractivity contribution in [1.82, 2.24) is 5.32 Å². The number of hydrogen-bond acceptors (Lipinski definition) is 6. The van der Waals surface area contributed by atoms with Crippen LogP contribution >= 0.6 is 10.7 Å². The molecule has 20 heavy (non-hydrogen) atoms. The van der Waals surface area contributed by atoms with Crippen LogP contribution in [0.3, 0.4) is 0 Å². The van der Waals surface area contributed by atoms with Crippen LogP contribution in [0.25, 0.3) is 0 Å². The van der Waals surface area contributed by atoms with Crippen LogP contribution in [0.5, 0.6) is 5.75 Å². The largest absolute Gasteiger partial charge is 0.492 e. The van der Waals surface area contributed by atoms with Gasteiger partial charge in [0, 0.05) is 29.9 Å². The van der Waals surface area contributed by atoms with Gasteiger partial charge < -0.3 is 10.1 Å². The number of benzene rings is 1. The number of carbonyl (C=O) groups excluding carboxylic acids is 1. The highest BCUT2D eigenvalue weighted by atomic mass is 35.7. The molecule has 1 amide bonds. The summed E-state index contributed by atoms with van der Waals surface area (Å²) in [6, 6.07) is 3.01. The molecule has 0 heterocycles. The first-order valence-corrected chi connectivity index (χ1v) is 7.63. The van der Waals surface area contributed by atoms with E-state index in [4.69, 9.17) is 15.4 Å². The molecule has 0 saturated carbocycles. The number of hydrogen-bond donors (Lipinski definition) is 1. The Bertz CT molecular complexity index is 631. The maximum Gasteiger partial charge on any atom is 0.271 e. The lowest BCUT2D eigenvalue weighted by Crippen LogP contribution is -2.20. The molecule has 0 fully saturated rings. The zero-order chi connectivity index (χ0) is 15.3. The predicted molar refractivity (Wildman–Crippen MR) is 70.3 cm³/mol. The highest BCUT2D eigenvalue weighted by molar-refractivity contribution is 8.13. The molecule has 0 atom stereocenters. The van der Waals surface area contributed by atoms with Crippen molar-refractivity contribution in [2.24, 2.45) is 0 Å². The first-order valence-electron chi connectivity index (χ1n) is 5.32. The average molecular weight is 323 g/mol. The van der Waals surface area contributed by atoms with Crippen molar-refractivity contribution in [3.8, 4) is 5.75 Å². The number of ether oxygens (including phenoxy) is 1. The third kappa shape index (κ3) is 4.35. The summed E-state index contributed by atoms with van der Waals surface area (Å²) in [5.74, 6) is -0.434. The number of nitrogens with zero attached hydrogens (tertiary/aromatic N) is 1. The number of carbonyl (C=O) groups is 1. The number of amides is 1. The maximum atomic E-state index is 11.4. The lowest BCUT2D eigenvalue weighted by molar-refractivity contribution is -0.385. The summed E-state index contributed by atoms with van der Waals surface area (Å²) in [4.78, 5) is 20.4. The third-order valence-corrected chi connectivity index (χ3v) is 3.61. The Morgan fingerprint density at radius 2 is 2.15 bits per heavy atom. The monoisotopic (exact) mass is 322 g/mol. The van der Waals surface area contributed by atoms with Gasteiger partial charge in [0.05, 0.1) is 18.0 Å². The molecule has 0 unspecified atom stereocenters. The van der Waals surface area contributed by atoms with Gasteiger partial charge >= 0.3 is 0 Å². The standard InChI is InChI=1S/C10H11ClN2O6S/c1-12-10(14)4-5-19-8-3-2-7(13(15)16)6-9(8)20(11,17)18/h2-3,6H,4-5H2,1H3,(H,12,14). The Balaban J connectivity index is 3.01. The second-order valence-corrected chi connectivity index (χ2v) is 6.13. The van der Waals surface area contributed by atoms with Crippen molar-refractivity contribution in [2.75, 3.05) is 13.7 Å². The minimum atomic E-state index is -4.20. The van der Waals surface area contributed by atoms with Crippen LogP contribution in [0, 0.1) is 10.1 Å². The maximum absolute atomic E-state index is 11.4. The summed E-state index contributed by atoms with van der Waals surface area (Å²) >= 11 is 0. The normalized spacial score (nSPS) is 10.9. The summed E-state index contributed by atoms with van der Waals surface area (Å²) in [5, 5.41) is 13.0. The summed E-state index contributed by atoms with van der Waals surface area (Å²) in [7, 11) is 2.44. The number of nitro groups is 1. The quantitative estimate of drug-likeness (QED) is 0.475. The van der Waals surface area contributed by atoms with Crippen LogP contribution < -0.4 is 10.1 Å². The molecule has 0 aliphatic heterocycles. The lowest BCUT2D eigenvalue weighted by Gasteiger charge is -2.09. The molecule has 0 saturated heterocycles. The van der Waals surface area contributed by atoms with E-state index >= 15 is 0 Å². The van der Waals surface area contributed by atoms with E-state index in [-0.39, 0.29) is 24.7 Å². The molecule has 0 aliphatic carbocycles. The van der Waals surface area contributed by atoms with Crippen LogP contribution in [-0.2, 0) is 13.8 Å². The van der Waals surface area contributed by atoms with E-state index in [9.17, 15) is 23.3 Å². The van der Waals surface area contributed by atoms with Crippen molar-refractivity contribution >= 4 is 31.3 Å². The van der Waals surface area contributed by atoms with E-state index < -0.39 is 24.6 Å². The zero-order valence-corrected chi connectivity index (χ0v) is 11.9. The zero-order valence-electron chi connectivity index (χ0n) is 10.3. The summed E-state index contributed by atoms with van der Waals surface area (Å²) in [5.41, 5.74) is -0.428. The molecular formula is C10H11ClN2O6S. The van der Waals surface area contributed by atoms with E-state index in [2.05, 4.69) is 5.32 Å². The van der Waals surface area contributed by atoms with Gasteiger partial charge in [-0.25, -0.2) is 8.42 Å². The molecule has 0 bridgehead atoms. The Labute approximate surface area is 119 Å². The number of nitro benzene ring substituents is 1. The molecule has 0 aromatic heterocycles. The number of rotatable bonds is 6. The molecule has 1 aromatic rings. The van der Waals surface area contributed by atoms with Crippen molar-refractivity contribution in [3.63, 3.8) is 0 Å². The smallest absolute Gasteiger partial charge is 0.271 e. The molecule has 10 heteroatoms. The first kappa shape index (κ1) is 16.2. The average Bonchev–Trinajstić information content (AvgIpc) is 2.37. The first-order chi connectivity index (χ1) is 9.25. The Morgan fingerprint density at radius 1 is 1.50 bits per heavy atom. The topological polar surface area (TPSA) is 116 Å². The molecule has 0 radical (unpaired) electrons. The second kappa shape index (κ2) is 6.53. The second-order valence-electron chi connectivity index (χ2n) is 3.60. The fourth-order valence-electron chi connectivity index (χ4n) is 1.30. The van der Waals surface area contributed by atoms with Crippen LogP contribution in [0.4, 0.5) is 5.69 Å². The van der Waals surface area contributed by atoms with Gasteiger partial charge in [0.25, 0.3) is 14.7 Å². The van der Waals surface area contributed by atoms with E-state index in [0.717, 1.165) is 18.2 Å². The highest BCUT2D eigenvalue weighted by Gasteiger charge is 2.21. The van der Waals surface area contributed by atoms with Gasteiger partial charge in [-0.3, -0.25) is 14.9 Å². The third-order valence-electron chi connectivity index (χ3n) is 2.27. The fourth-order valence-corrected chi connectivity index (χ4v) is 2.29. The van der Waals surface area contributed by atoms with E-state index in [1.807, 2.05) is 0 Å².